The Balaban J connectivity index is -0.000000143. The Morgan fingerprint density at radius 3 is 1.08 bits per heavy atom. The van der Waals surface area contributed by atoms with E-state index in [0.717, 1.165) is 12.8 Å². The van der Waals surface area contributed by atoms with E-state index < -0.39 is 0 Å². The normalized spacial score (nSPS) is 8.31. The van der Waals surface area contributed by atoms with Crippen LogP contribution in [-0.2, 0) is 0 Å². The van der Waals surface area contributed by atoms with Gasteiger partial charge in [0.15, 0.2) is 0 Å². The summed E-state index contributed by atoms with van der Waals surface area (Å²) in [5, 5.41) is 0. The Morgan fingerprint density at radius 1 is 0.692 bits per heavy atom. The van der Waals surface area contributed by atoms with E-state index in [2.05, 4.69) is 27.7 Å². The minimum absolute atomic E-state index is 0. The molecule has 0 amide bonds. The summed E-state index contributed by atoms with van der Waals surface area (Å²) >= 11 is 0. The molecule has 0 unspecified atom stereocenters. The average molecular weight is 210 g/mol. The maximum atomic E-state index is 3.72. The van der Waals surface area contributed by atoms with E-state index in [-0.39, 0.29) is 37.7 Å². The molecule has 0 N–H and O–H groups in total. The van der Waals surface area contributed by atoms with Gasteiger partial charge < -0.3 is 13.8 Å². The van der Waals surface area contributed by atoms with Gasteiger partial charge in [-0.05, 0) is 0 Å². The van der Waals surface area contributed by atoms with E-state index in [1.807, 2.05) is 0 Å². The molecule has 76 valence electrons. The monoisotopic (exact) mass is 210 g/mol. The summed E-state index contributed by atoms with van der Waals surface area (Å²) in [6.45, 7) is 11.9. The Labute approximate surface area is 116 Å². The molecule has 0 aromatic carbocycles. The van der Waals surface area contributed by atoms with Crippen molar-refractivity contribution in [3.05, 3.63) is 13.8 Å². The molecule has 0 saturated heterocycles. The van der Waals surface area contributed by atoms with Crippen LogP contribution in [0.4, 0.5) is 0 Å². The summed E-state index contributed by atoms with van der Waals surface area (Å²) in [5.74, 6) is 0. The Morgan fingerprint density at radius 2 is 1.00 bits per heavy atom. The second-order valence-corrected chi connectivity index (χ2v) is 3.12. The van der Waals surface area contributed by atoms with Crippen LogP contribution in [0.15, 0.2) is 0 Å². The predicted molar refractivity (Wildman–Crippen MR) is 64.8 cm³/mol. The molecule has 0 rings (SSSR count). The first-order valence-corrected chi connectivity index (χ1v) is 5.41. The first kappa shape index (κ1) is 19.8. The Bertz CT molecular complexity index is 37.1. The molecule has 0 aromatic heterocycles. The molecule has 0 aliphatic heterocycles. The number of hydrogen-bond donors (Lipinski definition) is 0. The molecule has 0 aromatic rings. The van der Waals surface area contributed by atoms with Crippen molar-refractivity contribution in [2.75, 3.05) is 0 Å². The molecule has 0 atom stereocenters. The zero-order chi connectivity index (χ0) is 9.66. The van der Waals surface area contributed by atoms with Gasteiger partial charge in [-0.1, -0.05) is 52.4 Å². The van der Waals surface area contributed by atoms with Crippen LogP contribution in [0.3, 0.4) is 0 Å². The second-order valence-electron chi connectivity index (χ2n) is 3.12. The van der Waals surface area contributed by atoms with Crippen molar-refractivity contribution in [2.24, 2.45) is 0 Å². The smallest absolute Gasteiger partial charge is 0.343 e. The van der Waals surface area contributed by atoms with Crippen LogP contribution in [0, 0.1) is 13.8 Å². The molecule has 0 radical (unpaired) electrons. The number of hydrogen-bond acceptors (Lipinski definition) is 0. The van der Waals surface area contributed by atoms with Crippen molar-refractivity contribution < 1.29 is 0 Å². The van der Waals surface area contributed by atoms with Gasteiger partial charge in [0.25, 0.3) is 0 Å². The summed E-state index contributed by atoms with van der Waals surface area (Å²) < 4.78 is 0. The summed E-state index contributed by atoms with van der Waals surface area (Å²) in [5.41, 5.74) is 0. The SMILES string of the molecule is [CH2-]CCCCC.[CH2-]CCCCC.[Ca+2]. The second kappa shape index (κ2) is 23.2. The van der Waals surface area contributed by atoms with Crippen molar-refractivity contribution in [2.45, 2.75) is 65.2 Å². The molecule has 1 heteroatoms. The van der Waals surface area contributed by atoms with Crippen molar-refractivity contribution in [1.29, 1.82) is 0 Å². The molecule has 0 fully saturated rings. The first-order valence-electron chi connectivity index (χ1n) is 5.41. The van der Waals surface area contributed by atoms with Gasteiger partial charge in [0.05, 0.1) is 0 Å². The summed E-state index contributed by atoms with van der Waals surface area (Å²) in [7, 11) is 0. The minimum Gasteiger partial charge on any atom is -0.343 e. The van der Waals surface area contributed by atoms with Crippen LogP contribution in [0.1, 0.15) is 65.2 Å². The molecule has 0 spiro atoms. The van der Waals surface area contributed by atoms with Gasteiger partial charge in [0, 0.05) is 0 Å². The topological polar surface area (TPSA) is 0 Å². The van der Waals surface area contributed by atoms with Crippen LogP contribution in [0.2, 0.25) is 0 Å². The van der Waals surface area contributed by atoms with Gasteiger partial charge in [-0.3, -0.25) is 0 Å². The van der Waals surface area contributed by atoms with E-state index in [4.69, 9.17) is 0 Å². The van der Waals surface area contributed by atoms with Gasteiger partial charge in [0.2, 0.25) is 0 Å². The van der Waals surface area contributed by atoms with E-state index in [1.165, 1.54) is 38.5 Å². The molecule has 0 aliphatic carbocycles. The average Bonchev–Trinajstić information content (AvgIpc) is 2.12. The van der Waals surface area contributed by atoms with Crippen LogP contribution < -0.4 is 0 Å². The van der Waals surface area contributed by atoms with Gasteiger partial charge >= 0.3 is 37.7 Å². The standard InChI is InChI=1S/2C6H13.Ca/c2*1-3-5-6-4-2;/h2*1,3-6H2,2H3;/q2*-1;+2. The van der Waals surface area contributed by atoms with E-state index in [1.54, 1.807) is 0 Å². The Kier molecular flexibility index (Phi) is 35.4. The molecule has 0 heterocycles. The fraction of sp³-hybridized carbons (Fsp3) is 0.833. The van der Waals surface area contributed by atoms with Gasteiger partial charge in [-0.25, -0.2) is 0 Å². The summed E-state index contributed by atoms with van der Waals surface area (Å²) in [4.78, 5) is 0. The maximum Gasteiger partial charge on any atom is 2.00 e. The third-order valence-electron chi connectivity index (χ3n) is 1.71. The summed E-state index contributed by atoms with van der Waals surface area (Å²) in [6, 6.07) is 0. The van der Waals surface area contributed by atoms with Gasteiger partial charge in [-0.15, -0.1) is 0 Å². The van der Waals surface area contributed by atoms with Crippen molar-refractivity contribution in [3.8, 4) is 0 Å². The van der Waals surface area contributed by atoms with E-state index in [0.29, 0.717) is 0 Å². The maximum absolute atomic E-state index is 3.72. The Hall–Kier alpha value is 1.26. The minimum atomic E-state index is 0. The fourth-order valence-corrected chi connectivity index (χ4v) is 0.854. The van der Waals surface area contributed by atoms with Crippen LogP contribution in [0.25, 0.3) is 0 Å². The van der Waals surface area contributed by atoms with E-state index >= 15 is 0 Å². The van der Waals surface area contributed by atoms with Gasteiger partial charge in [-0.2, -0.15) is 12.8 Å². The molecule has 0 nitrogen and oxygen atoms in total. The van der Waals surface area contributed by atoms with Crippen molar-refractivity contribution >= 4 is 37.7 Å². The van der Waals surface area contributed by atoms with Crippen molar-refractivity contribution in [3.63, 3.8) is 0 Å². The first-order chi connectivity index (χ1) is 5.83. The quantitative estimate of drug-likeness (QED) is 0.346. The molecular formula is C12H26Ca. The van der Waals surface area contributed by atoms with Gasteiger partial charge in [0.1, 0.15) is 0 Å². The molecule has 0 aliphatic rings. The van der Waals surface area contributed by atoms with Crippen LogP contribution in [0.5, 0.6) is 0 Å². The third-order valence-corrected chi connectivity index (χ3v) is 1.71. The third kappa shape index (κ3) is 31.9. The number of unbranched alkanes of at least 4 members (excludes halogenated alkanes) is 6. The molecular weight excluding hydrogens is 184 g/mol. The van der Waals surface area contributed by atoms with Crippen LogP contribution in [-0.4, -0.2) is 37.7 Å². The predicted octanol–water partition coefficient (Wildman–Crippen LogP) is 4.42. The molecule has 0 bridgehead atoms. The van der Waals surface area contributed by atoms with E-state index in [9.17, 15) is 0 Å². The summed E-state index contributed by atoms with van der Waals surface area (Å²) in [6.07, 6.45) is 10.1. The largest absolute Gasteiger partial charge is 2.00 e. The zero-order valence-corrected chi connectivity index (χ0v) is 12.0. The number of rotatable bonds is 6. The molecule has 13 heavy (non-hydrogen) atoms. The fourth-order valence-electron chi connectivity index (χ4n) is 0.854. The zero-order valence-electron chi connectivity index (χ0n) is 9.78. The van der Waals surface area contributed by atoms with Crippen LogP contribution >= 0.6 is 0 Å². The molecule has 0 saturated carbocycles. The van der Waals surface area contributed by atoms with Crippen molar-refractivity contribution in [1.82, 2.24) is 0 Å².